The van der Waals surface area contributed by atoms with E-state index in [1.54, 1.807) is 73.3 Å². The summed E-state index contributed by atoms with van der Waals surface area (Å²) in [6, 6.07) is 14.7. The molecule has 2 atom stereocenters. The van der Waals surface area contributed by atoms with Gasteiger partial charge in [0, 0.05) is 13.1 Å². The van der Waals surface area contributed by atoms with Crippen molar-refractivity contribution >= 4 is 19.0 Å². The zero-order valence-corrected chi connectivity index (χ0v) is 19.6. The highest BCUT2D eigenvalue weighted by Crippen LogP contribution is 2.48. The molecule has 2 aromatic carbocycles. The van der Waals surface area contributed by atoms with Crippen molar-refractivity contribution in [2.75, 3.05) is 42.8 Å². The molecule has 2 unspecified atom stereocenters. The highest BCUT2D eigenvalue weighted by molar-refractivity contribution is 7.53. The maximum absolute atomic E-state index is 13.8. The molecular weight excluding hydrogens is 456 g/mol. The molecule has 1 saturated heterocycles. The molecule has 33 heavy (non-hydrogen) atoms. The first kappa shape index (κ1) is 25.5. The average molecular weight is 486 g/mol. The number of nitrogens with two attached hydrogens (primary N) is 1. The zero-order chi connectivity index (χ0) is 24.1. The summed E-state index contributed by atoms with van der Waals surface area (Å²) < 4.78 is 65.0. The number of rotatable bonds is 9. The second-order valence-corrected chi connectivity index (χ2v) is 9.62. The zero-order valence-electron chi connectivity index (χ0n) is 18.7. The first-order chi connectivity index (χ1) is 15.7. The SMILES string of the molecule is CCOP(=O)(CNc1ccccc1N1CC(c2ccccc2)N(C(F)(F)F)CC1N)OCC. The molecule has 0 radical (unpaired) electrons. The molecule has 0 aliphatic carbocycles. The van der Waals surface area contributed by atoms with Crippen LogP contribution in [0.1, 0.15) is 25.5 Å². The third-order valence-electron chi connectivity index (χ3n) is 5.37. The van der Waals surface area contributed by atoms with Crippen molar-refractivity contribution in [2.45, 2.75) is 32.4 Å². The molecule has 1 aliphatic rings. The van der Waals surface area contributed by atoms with Gasteiger partial charge in [0.1, 0.15) is 6.29 Å². The van der Waals surface area contributed by atoms with Crippen LogP contribution in [0.5, 0.6) is 0 Å². The molecule has 7 nitrogen and oxygen atoms in total. The van der Waals surface area contributed by atoms with Crippen molar-refractivity contribution in [2.24, 2.45) is 5.73 Å². The molecule has 1 heterocycles. The van der Waals surface area contributed by atoms with E-state index in [0.717, 1.165) is 0 Å². The van der Waals surface area contributed by atoms with E-state index in [1.807, 2.05) is 0 Å². The minimum atomic E-state index is -4.52. The molecular formula is C22H30F3N4O3P. The number of halogens is 3. The van der Waals surface area contributed by atoms with Crippen LogP contribution in [0.2, 0.25) is 0 Å². The van der Waals surface area contributed by atoms with Gasteiger partial charge in [-0.15, -0.1) is 0 Å². The van der Waals surface area contributed by atoms with Crippen LogP contribution in [-0.2, 0) is 13.6 Å². The number of para-hydroxylation sites is 2. The Morgan fingerprint density at radius 1 is 1.03 bits per heavy atom. The third-order valence-corrected chi connectivity index (χ3v) is 7.22. The Morgan fingerprint density at radius 2 is 1.64 bits per heavy atom. The topological polar surface area (TPSA) is 80.1 Å². The Bertz CT molecular complexity index is 938. The number of hydrogen-bond donors (Lipinski definition) is 2. The fourth-order valence-corrected chi connectivity index (χ4v) is 5.35. The average Bonchev–Trinajstić information content (AvgIpc) is 2.78. The van der Waals surface area contributed by atoms with Gasteiger partial charge in [0.2, 0.25) is 0 Å². The van der Waals surface area contributed by atoms with E-state index in [0.29, 0.717) is 21.8 Å². The van der Waals surface area contributed by atoms with E-state index in [-0.39, 0.29) is 26.0 Å². The second-order valence-electron chi connectivity index (χ2n) is 7.56. The van der Waals surface area contributed by atoms with E-state index in [2.05, 4.69) is 5.32 Å². The lowest BCUT2D eigenvalue weighted by atomic mass is 10.0. The van der Waals surface area contributed by atoms with Gasteiger partial charge in [0.05, 0.1) is 36.8 Å². The largest absolute Gasteiger partial charge is 0.460 e. The first-order valence-corrected chi connectivity index (χ1v) is 12.5. The molecule has 11 heteroatoms. The molecule has 2 aromatic rings. The summed E-state index contributed by atoms with van der Waals surface area (Å²) in [6.07, 6.45) is -5.50. The number of nitrogens with zero attached hydrogens (tertiary/aromatic N) is 2. The molecule has 0 amide bonds. The molecule has 0 saturated carbocycles. The van der Waals surface area contributed by atoms with Crippen LogP contribution in [0.3, 0.4) is 0 Å². The van der Waals surface area contributed by atoms with Gasteiger partial charge in [-0.05, 0) is 31.5 Å². The van der Waals surface area contributed by atoms with Crippen molar-refractivity contribution in [1.29, 1.82) is 0 Å². The van der Waals surface area contributed by atoms with Gasteiger partial charge >= 0.3 is 13.9 Å². The minimum absolute atomic E-state index is 0.0258. The maximum Gasteiger partial charge on any atom is 0.460 e. The van der Waals surface area contributed by atoms with Crippen molar-refractivity contribution in [1.82, 2.24) is 4.90 Å². The van der Waals surface area contributed by atoms with Crippen LogP contribution in [-0.4, -0.2) is 50.0 Å². The molecule has 3 N–H and O–H groups in total. The van der Waals surface area contributed by atoms with Crippen LogP contribution < -0.4 is 16.0 Å². The van der Waals surface area contributed by atoms with E-state index >= 15 is 0 Å². The standard InChI is InChI=1S/C22H30F3N4O3P/c1-3-31-33(30,32-4-2)16-27-18-12-8-9-13-19(18)28-14-20(17-10-6-5-7-11-17)29(15-21(28)26)22(23,24)25/h5-13,20-21,27H,3-4,14-16,26H2,1-2H3. The lowest BCUT2D eigenvalue weighted by Crippen LogP contribution is -2.61. The molecule has 182 valence electrons. The summed E-state index contributed by atoms with van der Waals surface area (Å²) in [4.78, 5) is 2.23. The van der Waals surface area contributed by atoms with Crippen molar-refractivity contribution in [3.8, 4) is 0 Å². The molecule has 0 spiro atoms. The van der Waals surface area contributed by atoms with Crippen LogP contribution in [0.4, 0.5) is 24.5 Å². The van der Waals surface area contributed by atoms with Crippen molar-refractivity contribution in [3.05, 3.63) is 60.2 Å². The fourth-order valence-electron chi connectivity index (χ4n) is 3.94. The number of piperazine rings is 1. The summed E-state index contributed by atoms with van der Waals surface area (Å²) in [5.74, 6) is 0. The summed E-state index contributed by atoms with van der Waals surface area (Å²) in [7, 11) is -3.37. The van der Waals surface area contributed by atoms with Gasteiger partial charge in [-0.1, -0.05) is 42.5 Å². The minimum Gasteiger partial charge on any atom is -0.372 e. The second kappa shape index (κ2) is 10.9. The van der Waals surface area contributed by atoms with Gasteiger partial charge in [-0.2, -0.15) is 13.2 Å². The van der Waals surface area contributed by atoms with Crippen molar-refractivity contribution < 1.29 is 26.8 Å². The van der Waals surface area contributed by atoms with Crippen molar-refractivity contribution in [3.63, 3.8) is 0 Å². The molecule has 1 fully saturated rings. The third kappa shape index (κ3) is 6.28. The number of alkyl halides is 3. The van der Waals surface area contributed by atoms with E-state index in [4.69, 9.17) is 14.8 Å². The molecule has 0 bridgehead atoms. The van der Waals surface area contributed by atoms with E-state index < -0.39 is 32.6 Å². The van der Waals surface area contributed by atoms with Crippen LogP contribution >= 0.6 is 7.60 Å². The Kier molecular flexibility index (Phi) is 8.42. The summed E-state index contributed by atoms with van der Waals surface area (Å²) in [6.45, 7) is 3.53. The Hall–Kier alpha value is -2.10. The normalized spacial score (nSPS) is 20.1. The first-order valence-electron chi connectivity index (χ1n) is 10.8. The van der Waals surface area contributed by atoms with Gasteiger partial charge in [-0.3, -0.25) is 4.57 Å². The molecule has 0 aromatic heterocycles. The Labute approximate surface area is 192 Å². The van der Waals surface area contributed by atoms with E-state index in [9.17, 15) is 17.7 Å². The Balaban J connectivity index is 1.89. The molecule has 3 rings (SSSR count). The Morgan fingerprint density at radius 3 is 2.24 bits per heavy atom. The fraction of sp³-hybridized carbons (Fsp3) is 0.455. The monoisotopic (exact) mass is 486 g/mol. The lowest BCUT2D eigenvalue weighted by Gasteiger charge is -2.47. The highest BCUT2D eigenvalue weighted by Gasteiger charge is 2.47. The van der Waals surface area contributed by atoms with E-state index in [1.165, 1.54) is 0 Å². The maximum atomic E-state index is 13.8. The lowest BCUT2D eigenvalue weighted by molar-refractivity contribution is -0.264. The number of nitrogens with one attached hydrogen (secondary N) is 1. The smallest absolute Gasteiger partial charge is 0.372 e. The molecule has 1 aliphatic heterocycles. The predicted octanol–water partition coefficient (Wildman–Crippen LogP) is 4.99. The van der Waals surface area contributed by atoms with Gasteiger partial charge in [0.25, 0.3) is 0 Å². The number of hydrogen-bond acceptors (Lipinski definition) is 7. The van der Waals surface area contributed by atoms with Crippen LogP contribution in [0.15, 0.2) is 54.6 Å². The number of anilines is 2. The summed E-state index contributed by atoms with van der Waals surface area (Å²) in [5.41, 5.74) is 7.99. The number of benzene rings is 2. The highest BCUT2D eigenvalue weighted by atomic mass is 31.2. The quantitative estimate of drug-likeness (QED) is 0.382. The van der Waals surface area contributed by atoms with Crippen LogP contribution in [0, 0.1) is 0 Å². The summed E-state index contributed by atoms with van der Waals surface area (Å²) in [5, 5.41) is 3.09. The van der Waals surface area contributed by atoms with Crippen LogP contribution in [0.25, 0.3) is 0 Å². The van der Waals surface area contributed by atoms with Gasteiger partial charge in [0.15, 0.2) is 0 Å². The van der Waals surface area contributed by atoms with Gasteiger partial charge in [-0.25, -0.2) is 4.90 Å². The predicted molar refractivity (Wildman–Crippen MR) is 123 cm³/mol. The summed E-state index contributed by atoms with van der Waals surface area (Å²) >= 11 is 0. The van der Waals surface area contributed by atoms with Gasteiger partial charge < -0.3 is 25.0 Å².